The van der Waals surface area contributed by atoms with E-state index in [4.69, 9.17) is 4.74 Å². The number of fused-ring (bicyclic) bond motifs is 1. The Morgan fingerprint density at radius 3 is 2.50 bits per heavy atom. The average Bonchev–Trinajstić information content (AvgIpc) is 3.24. The average molecular weight is 505 g/mol. The normalized spacial score (nSPS) is 15.5. The third-order valence-corrected chi connectivity index (χ3v) is 6.09. The van der Waals surface area contributed by atoms with Gasteiger partial charge in [-0.3, -0.25) is 14.4 Å². The molecule has 2 aromatic heterocycles. The molecule has 1 aromatic carbocycles. The number of piperazine rings is 1. The number of benzene rings is 1. The number of halogens is 3. The third-order valence-electron chi connectivity index (χ3n) is 6.09. The van der Waals surface area contributed by atoms with Crippen molar-refractivity contribution < 1.29 is 22.7 Å². The van der Waals surface area contributed by atoms with Gasteiger partial charge in [0.15, 0.2) is 0 Å². The van der Waals surface area contributed by atoms with E-state index in [9.17, 15) is 18.0 Å². The summed E-state index contributed by atoms with van der Waals surface area (Å²) in [5.41, 5.74) is -0.409. The van der Waals surface area contributed by atoms with Gasteiger partial charge in [0.25, 0.3) is 5.91 Å². The van der Waals surface area contributed by atoms with E-state index in [-0.39, 0.29) is 11.8 Å². The molecule has 0 aliphatic carbocycles. The van der Waals surface area contributed by atoms with E-state index in [2.05, 4.69) is 32.1 Å². The Kier molecular flexibility index (Phi) is 7.79. The zero-order valence-electron chi connectivity index (χ0n) is 20.7. The molecule has 11 heteroatoms. The Morgan fingerprint density at radius 1 is 1.11 bits per heavy atom. The molecular formula is C25H31F3N6O2. The van der Waals surface area contributed by atoms with Gasteiger partial charge in [0.2, 0.25) is 0 Å². The second-order valence-electron chi connectivity index (χ2n) is 9.10. The molecule has 1 saturated heterocycles. The fourth-order valence-electron chi connectivity index (χ4n) is 4.15. The summed E-state index contributed by atoms with van der Waals surface area (Å²) in [4.78, 5) is 21.1. The zero-order chi connectivity index (χ0) is 25.9. The number of nitrogens with zero attached hydrogens (tertiary/aromatic N) is 5. The maximum Gasteiger partial charge on any atom is 0.433 e. The molecule has 1 N–H and O–H groups in total. The van der Waals surface area contributed by atoms with Crippen molar-refractivity contribution in [2.45, 2.75) is 39.6 Å². The van der Waals surface area contributed by atoms with Crippen LogP contribution in [-0.2, 0) is 12.7 Å². The second kappa shape index (κ2) is 10.8. The summed E-state index contributed by atoms with van der Waals surface area (Å²) in [5.74, 6) is -0.369. The summed E-state index contributed by atoms with van der Waals surface area (Å²) < 4.78 is 46.8. The minimum Gasteiger partial charge on any atom is -0.489 e. The molecule has 1 amide bonds. The number of nitrogens with one attached hydrogen (secondary N) is 1. The number of pyridine rings is 1. The van der Waals surface area contributed by atoms with Gasteiger partial charge in [-0.2, -0.15) is 18.3 Å². The standard InChI is InChI=1S/C25H31F3N6O2/c1-4-32-8-10-33(11-9-32)12-13-34-16-18-14-21(22(36-17(2)3)15-20(18)31-34)30-24(35)19-6-5-7-23(29-19)25(26,27)28/h5-7,14-17H,4,8-13H2,1-3H3,(H,30,35). The molecule has 1 aliphatic rings. The predicted octanol–water partition coefficient (Wildman–Crippen LogP) is 4.13. The summed E-state index contributed by atoms with van der Waals surface area (Å²) in [5, 5.41) is 8.11. The van der Waals surface area contributed by atoms with Crippen LogP contribution in [0.1, 0.15) is 37.0 Å². The van der Waals surface area contributed by atoms with Gasteiger partial charge in [0.05, 0.1) is 23.9 Å². The maximum atomic E-state index is 13.0. The summed E-state index contributed by atoms with van der Waals surface area (Å²) in [6, 6.07) is 6.69. The Labute approximate surface area is 208 Å². The number of hydrogen-bond acceptors (Lipinski definition) is 6. The van der Waals surface area contributed by atoms with Crippen molar-refractivity contribution in [3.8, 4) is 5.75 Å². The highest BCUT2D eigenvalue weighted by atomic mass is 19.4. The quantitative estimate of drug-likeness (QED) is 0.497. The lowest BCUT2D eigenvalue weighted by Crippen LogP contribution is -2.46. The van der Waals surface area contributed by atoms with Crippen LogP contribution in [0.15, 0.2) is 36.5 Å². The van der Waals surface area contributed by atoms with Crippen molar-refractivity contribution in [2.75, 3.05) is 44.6 Å². The number of aromatic nitrogens is 3. The fraction of sp³-hybridized carbons (Fsp3) is 0.480. The number of carbonyl (C=O) groups excluding carboxylic acids is 1. The van der Waals surface area contributed by atoms with Crippen molar-refractivity contribution in [1.29, 1.82) is 0 Å². The first-order chi connectivity index (χ1) is 17.1. The van der Waals surface area contributed by atoms with Gasteiger partial charge in [-0.15, -0.1) is 0 Å². The smallest absolute Gasteiger partial charge is 0.433 e. The highest BCUT2D eigenvalue weighted by molar-refractivity contribution is 6.05. The first-order valence-electron chi connectivity index (χ1n) is 12.1. The molecule has 3 heterocycles. The van der Waals surface area contributed by atoms with Crippen LogP contribution in [0.5, 0.6) is 5.75 Å². The Balaban J connectivity index is 1.52. The van der Waals surface area contributed by atoms with Crippen molar-refractivity contribution in [3.05, 3.63) is 47.9 Å². The molecule has 0 saturated carbocycles. The lowest BCUT2D eigenvalue weighted by Gasteiger charge is -2.33. The van der Waals surface area contributed by atoms with Crippen LogP contribution in [0.3, 0.4) is 0 Å². The van der Waals surface area contributed by atoms with Crippen LogP contribution in [-0.4, -0.2) is 75.8 Å². The van der Waals surface area contributed by atoms with Gasteiger partial charge in [-0.05, 0) is 38.6 Å². The zero-order valence-corrected chi connectivity index (χ0v) is 20.7. The van der Waals surface area contributed by atoms with Gasteiger partial charge >= 0.3 is 6.18 Å². The van der Waals surface area contributed by atoms with Crippen LogP contribution in [0.2, 0.25) is 0 Å². The minimum atomic E-state index is -4.64. The number of alkyl halides is 3. The van der Waals surface area contributed by atoms with Crippen LogP contribution < -0.4 is 10.1 Å². The molecule has 3 aromatic rings. The first-order valence-corrected chi connectivity index (χ1v) is 12.1. The SMILES string of the molecule is CCN1CCN(CCn2cc3cc(NC(=O)c4cccc(C(F)(F)F)n4)c(OC(C)C)cc3n2)CC1. The summed E-state index contributed by atoms with van der Waals surface area (Å²) >= 11 is 0. The third kappa shape index (κ3) is 6.33. The first kappa shape index (κ1) is 25.9. The van der Waals surface area contributed by atoms with Gasteiger partial charge < -0.3 is 15.0 Å². The lowest BCUT2D eigenvalue weighted by molar-refractivity contribution is -0.141. The number of hydrogen-bond donors (Lipinski definition) is 1. The van der Waals surface area contributed by atoms with E-state index >= 15 is 0 Å². The number of likely N-dealkylation sites (N-methyl/N-ethyl adjacent to an activating group) is 1. The molecular weight excluding hydrogens is 473 g/mol. The molecule has 1 aliphatic heterocycles. The summed E-state index contributed by atoms with van der Waals surface area (Å²) in [7, 11) is 0. The van der Waals surface area contributed by atoms with Crippen LogP contribution in [0.4, 0.5) is 18.9 Å². The Bertz CT molecular complexity index is 1200. The van der Waals surface area contributed by atoms with Crippen molar-refractivity contribution in [1.82, 2.24) is 24.6 Å². The lowest BCUT2D eigenvalue weighted by atomic mass is 10.2. The minimum absolute atomic E-state index is 0.186. The number of amides is 1. The number of anilines is 1. The number of rotatable bonds is 8. The maximum absolute atomic E-state index is 13.0. The van der Waals surface area contributed by atoms with Crippen molar-refractivity contribution in [3.63, 3.8) is 0 Å². The summed E-state index contributed by atoms with van der Waals surface area (Å²) in [6.45, 7) is 12.7. The topological polar surface area (TPSA) is 75.5 Å². The van der Waals surface area contributed by atoms with E-state index in [0.717, 1.165) is 63.3 Å². The van der Waals surface area contributed by atoms with E-state index in [1.54, 1.807) is 12.1 Å². The van der Waals surface area contributed by atoms with Crippen molar-refractivity contribution >= 4 is 22.5 Å². The van der Waals surface area contributed by atoms with E-state index in [1.165, 1.54) is 6.07 Å². The van der Waals surface area contributed by atoms with E-state index in [1.807, 2.05) is 24.7 Å². The molecule has 0 unspecified atom stereocenters. The molecule has 36 heavy (non-hydrogen) atoms. The van der Waals surface area contributed by atoms with Crippen LogP contribution in [0, 0.1) is 0 Å². The van der Waals surface area contributed by atoms with Crippen LogP contribution >= 0.6 is 0 Å². The Hall–Kier alpha value is -3.18. The fourth-order valence-corrected chi connectivity index (χ4v) is 4.15. The second-order valence-corrected chi connectivity index (χ2v) is 9.10. The molecule has 1 fully saturated rings. The number of ether oxygens (including phenoxy) is 1. The molecule has 0 atom stereocenters. The highest BCUT2D eigenvalue weighted by Gasteiger charge is 2.33. The molecule has 8 nitrogen and oxygen atoms in total. The van der Waals surface area contributed by atoms with Gasteiger partial charge in [-0.1, -0.05) is 13.0 Å². The monoisotopic (exact) mass is 504 g/mol. The molecule has 0 spiro atoms. The van der Waals surface area contributed by atoms with E-state index < -0.39 is 17.8 Å². The molecule has 0 radical (unpaired) electrons. The Morgan fingerprint density at radius 2 is 1.83 bits per heavy atom. The summed E-state index contributed by atoms with van der Waals surface area (Å²) in [6.07, 6.45) is -2.93. The molecule has 4 rings (SSSR count). The van der Waals surface area contributed by atoms with Gasteiger partial charge in [0.1, 0.15) is 17.1 Å². The largest absolute Gasteiger partial charge is 0.489 e. The van der Waals surface area contributed by atoms with Crippen LogP contribution in [0.25, 0.3) is 10.9 Å². The highest BCUT2D eigenvalue weighted by Crippen LogP contribution is 2.32. The predicted molar refractivity (Wildman–Crippen MR) is 131 cm³/mol. The van der Waals surface area contributed by atoms with E-state index in [0.29, 0.717) is 17.0 Å². The molecule has 194 valence electrons. The number of carbonyl (C=O) groups is 1. The molecule has 0 bridgehead atoms. The van der Waals surface area contributed by atoms with Gasteiger partial charge in [0, 0.05) is 50.4 Å². The van der Waals surface area contributed by atoms with Gasteiger partial charge in [-0.25, -0.2) is 4.98 Å². The van der Waals surface area contributed by atoms with Crippen molar-refractivity contribution in [2.24, 2.45) is 0 Å².